The van der Waals surface area contributed by atoms with Gasteiger partial charge in [-0.3, -0.25) is 0 Å². The van der Waals surface area contributed by atoms with Gasteiger partial charge in [0, 0.05) is 17.5 Å². The van der Waals surface area contributed by atoms with Crippen molar-refractivity contribution in [2.24, 2.45) is 0 Å². The molecule has 1 aromatic heterocycles. The quantitative estimate of drug-likeness (QED) is 0.523. The lowest BCUT2D eigenvalue weighted by atomic mass is 9.85. The van der Waals surface area contributed by atoms with Crippen LogP contribution in [0.2, 0.25) is 0 Å². The molecule has 0 amide bonds. The SMILES string of the molecule is COc1ccc(-c2noc3c2-c2ccccc2CC(O)c2ccccc2-3)cc1. The summed E-state index contributed by atoms with van der Waals surface area (Å²) in [5.74, 6) is 1.48. The molecule has 0 saturated carbocycles. The van der Waals surface area contributed by atoms with Gasteiger partial charge in [0.15, 0.2) is 5.76 Å². The zero-order chi connectivity index (χ0) is 19.1. The first-order valence-electron chi connectivity index (χ1n) is 9.26. The Morgan fingerprint density at radius 3 is 2.43 bits per heavy atom. The van der Waals surface area contributed by atoms with Crippen LogP contribution in [0.25, 0.3) is 33.7 Å². The van der Waals surface area contributed by atoms with Crippen LogP contribution in [0.4, 0.5) is 0 Å². The molecule has 0 spiro atoms. The number of hydrogen-bond acceptors (Lipinski definition) is 4. The van der Waals surface area contributed by atoms with E-state index in [9.17, 15) is 5.11 Å². The Hall–Kier alpha value is -3.37. The van der Waals surface area contributed by atoms with Crippen molar-refractivity contribution in [3.05, 3.63) is 83.9 Å². The lowest BCUT2D eigenvalue weighted by Gasteiger charge is -2.20. The predicted octanol–water partition coefficient (Wildman–Crippen LogP) is 5.27. The van der Waals surface area contributed by atoms with Crippen molar-refractivity contribution in [2.75, 3.05) is 7.11 Å². The van der Waals surface area contributed by atoms with Crippen LogP contribution < -0.4 is 4.74 Å². The van der Waals surface area contributed by atoms with Gasteiger partial charge < -0.3 is 14.4 Å². The molecule has 0 bridgehead atoms. The van der Waals surface area contributed by atoms with Gasteiger partial charge in [-0.05, 0) is 41.0 Å². The highest BCUT2D eigenvalue weighted by molar-refractivity contribution is 5.92. The van der Waals surface area contributed by atoms with Gasteiger partial charge in [0.05, 0.1) is 18.8 Å². The fraction of sp³-hybridized carbons (Fsp3) is 0.125. The van der Waals surface area contributed by atoms with Gasteiger partial charge in [0.25, 0.3) is 0 Å². The molecule has 1 heterocycles. The van der Waals surface area contributed by atoms with Gasteiger partial charge in [-0.2, -0.15) is 0 Å². The molecule has 0 radical (unpaired) electrons. The maximum absolute atomic E-state index is 10.8. The molecule has 1 aliphatic carbocycles. The van der Waals surface area contributed by atoms with E-state index in [2.05, 4.69) is 17.3 Å². The summed E-state index contributed by atoms with van der Waals surface area (Å²) in [4.78, 5) is 0. The van der Waals surface area contributed by atoms with Gasteiger partial charge in [-0.25, -0.2) is 0 Å². The van der Waals surface area contributed by atoms with Crippen LogP contribution in [0.15, 0.2) is 77.3 Å². The fourth-order valence-electron chi connectivity index (χ4n) is 3.92. The van der Waals surface area contributed by atoms with E-state index in [1.165, 1.54) is 0 Å². The average Bonchev–Trinajstić information content (AvgIpc) is 3.17. The Kier molecular flexibility index (Phi) is 3.99. The number of aromatic nitrogens is 1. The summed E-state index contributed by atoms with van der Waals surface area (Å²) in [7, 11) is 1.65. The molecule has 28 heavy (non-hydrogen) atoms. The summed E-state index contributed by atoms with van der Waals surface area (Å²) in [5.41, 5.74) is 6.56. The van der Waals surface area contributed by atoms with E-state index in [1.54, 1.807) is 7.11 Å². The first-order valence-corrected chi connectivity index (χ1v) is 9.26. The number of benzene rings is 3. The normalized spacial score (nSPS) is 15.0. The van der Waals surface area contributed by atoms with Crippen molar-refractivity contribution in [3.8, 4) is 39.5 Å². The number of fused-ring (bicyclic) bond motifs is 5. The van der Waals surface area contributed by atoms with Crippen LogP contribution in [0.1, 0.15) is 17.2 Å². The number of aliphatic hydroxyl groups is 1. The summed E-state index contributed by atoms with van der Waals surface area (Å²) in [5, 5.41) is 15.3. The highest BCUT2D eigenvalue weighted by atomic mass is 16.5. The van der Waals surface area contributed by atoms with Crippen LogP contribution in [0, 0.1) is 0 Å². The summed E-state index contributed by atoms with van der Waals surface area (Å²) >= 11 is 0. The Morgan fingerprint density at radius 1 is 0.929 bits per heavy atom. The van der Waals surface area contributed by atoms with Gasteiger partial charge in [-0.15, -0.1) is 0 Å². The first kappa shape index (κ1) is 16.8. The molecule has 138 valence electrons. The third-order valence-corrected chi connectivity index (χ3v) is 5.32. The van der Waals surface area contributed by atoms with Crippen LogP contribution in [-0.2, 0) is 6.42 Å². The Morgan fingerprint density at radius 2 is 1.64 bits per heavy atom. The smallest absolute Gasteiger partial charge is 0.175 e. The molecule has 5 rings (SSSR count). The van der Waals surface area contributed by atoms with Crippen molar-refractivity contribution < 1.29 is 14.4 Å². The Labute approximate surface area is 163 Å². The van der Waals surface area contributed by atoms with Crippen molar-refractivity contribution in [3.63, 3.8) is 0 Å². The number of ether oxygens (including phenoxy) is 1. The van der Waals surface area contributed by atoms with E-state index in [1.807, 2.05) is 60.7 Å². The van der Waals surface area contributed by atoms with Crippen LogP contribution in [-0.4, -0.2) is 17.4 Å². The minimum absolute atomic E-state index is 0.542. The number of nitrogens with zero attached hydrogens (tertiary/aromatic N) is 1. The zero-order valence-corrected chi connectivity index (χ0v) is 15.4. The number of aliphatic hydroxyl groups excluding tert-OH is 1. The maximum atomic E-state index is 10.8. The summed E-state index contributed by atoms with van der Waals surface area (Å²) < 4.78 is 11.2. The Balaban J connectivity index is 1.81. The molecule has 0 fully saturated rings. The molecule has 1 unspecified atom stereocenters. The maximum Gasteiger partial charge on any atom is 0.175 e. The van der Waals surface area contributed by atoms with E-state index < -0.39 is 6.10 Å². The van der Waals surface area contributed by atoms with E-state index in [-0.39, 0.29) is 0 Å². The Bertz CT molecular complexity index is 1140. The van der Waals surface area contributed by atoms with Gasteiger partial charge in [0.1, 0.15) is 11.4 Å². The molecular weight excluding hydrogens is 350 g/mol. The van der Waals surface area contributed by atoms with Crippen molar-refractivity contribution in [1.29, 1.82) is 0 Å². The second-order valence-electron chi connectivity index (χ2n) is 6.93. The van der Waals surface area contributed by atoms with Crippen LogP contribution in [0.5, 0.6) is 5.75 Å². The minimum Gasteiger partial charge on any atom is -0.497 e. The summed E-state index contributed by atoms with van der Waals surface area (Å²) in [6.45, 7) is 0. The van der Waals surface area contributed by atoms with E-state index in [0.29, 0.717) is 12.2 Å². The summed E-state index contributed by atoms with van der Waals surface area (Å²) in [6, 6.07) is 23.8. The minimum atomic E-state index is -0.597. The zero-order valence-electron chi connectivity index (χ0n) is 15.4. The second-order valence-corrected chi connectivity index (χ2v) is 6.93. The first-order chi connectivity index (χ1) is 13.8. The monoisotopic (exact) mass is 369 g/mol. The molecule has 4 heteroatoms. The van der Waals surface area contributed by atoms with Crippen LogP contribution in [0.3, 0.4) is 0 Å². The van der Waals surface area contributed by atoms with E-state index in [0.717, 1.165) is 44.8 Å². The van der Waals surface area contributed by atoms with Crippen LogP contribution >= 0.6 is 0 Å². The number of rotatable bonds is 2. The predicted molar refractivity (Wildman–Crippen MR) is 108 cm³/mol. The molecule has 3 aromatic carbocycles. The molecule has 1 atom stereocenters. The highest BCUT2D eigenvalue weighted by Gasteiger charge is 2.28. The lowest BCUT2D eigenvalue weighted by Crippen LogP contribution is -2.07. The van der Waals surface area contributed by atoms with E-state index in [4.69, 9.17) is 9.26 Å². The standard InChI is InChI=1S/C24H19NO3/c1-27-17-12-10-15(11-13-17)23-22-18-7-3-2-6-16(18)14-21(26)19-8-4-5-9-20(19)24(22)28-25-23/h2-13,21,26H,14H2,1H3. The highest BCUT2D eigenvalue weighted by Crippen LogP contribution is 2.45. The molecule has 1 N–H and O–H groups in total. The molecule has 0 saturated heterocycles. The molecule has 1 aliphatic rings. The molecule has 4 nitrogen and oxygen atoms in total. The molecule has 4 aromatic rings. The van der Waals surface area contributed by atoms with E-state index >= 15 is 0 Å². The van der Waals surface area contributed by atoms with Gasteiger partial charge in [0.2, 0.25) is 0 Å². The molecular formula is C24H19NO3. The van der Waals surface area contributed by atoms with Gasteiger partial charge in [-0.1, -0.05) is 53.7 Å². The topological polar surface area (TPSA) is 55.5 Å². The van der Waals surface area contributed by atoms with Gasteiger partial charge >= 0.3 is 0 Å². The van der Waals surface area contributed by atoms with Crippen molar-refractivity contribution in [2.45, 2.75) is 12.5 Å². The third kappa shape index (κ3) is 2.62. The largest absolute Gasteiger partial charge is 0.497 e. The average molecular weight is 369 g/mol. The second kappa shape index (κ2) is 6.66. The summed E-state index contributed by atoms with van der Waals surface area (Å²) in [6.07, 6.45) is -0.0557. The third-order valence-electron chi connectivity index (χ3n) is 5.32. The fourth-order valence-corrected chi connectivity index (χ4v) is 3.92. The van der Waals surface area contributed by atoms with Crippen molar-refractivity contribution >= 4 is 0 Å². The number of hydrogen-bond donors (Lipinski definition) is 1. The molecule has 0 aliphatic heterocycles. The number of methoxy groups -OCH3 is 1. The van der Waals surface area contributed by atoms with Crippen molar-refractivity contribution in [1.82, 2.24) is 5.16 Å². The lowest BCUT2D eigenvalue weighted by molar-refractivity contribution is 0.178.